The van der Waals surface area contributed by atoms with E-state index in [1.54, 1.807) is 19.9 Å². The number of aromatic nitrogens is 4. The maximum absolute atomic E-state index is 12.4. The van der Waals surface area contributed by atoms with E-state index in [1.807, 2.05) is 35.8 Å². The molecule has 1 aromatic carbocycles. The topological polar surface area (TPSA) is 85.8 Å². The molecule has 136 valence electrons. The zero-order valence-electron chi connectivity index (χ0n) is 14.6. The number of benzene rings is 1. The van der Waals surface area contributed by atoms with Crippen molar-refractivity contribution < 1.29 is 9.32 Å². The number of hydrogen-bond acceptors (Lipinski definition) is 6. The molecular formula is C17H18ClN5O2S. The first-order valence-corrected chi connectivity index (χ1v) is 9.33. The van der Waals surface area contributed by atoms with Gasteiger partial charge < -0.3 is 9.09 Å². The molecule has 1 unspecified atom stereocenters. The van der Waals surface area contributed by atoms with E-state index >= 15 is 0 Å². The normalized spacial score (nSPS) is 12.2. The molecule has 1 atom stereocenters. The number of halogens is 1. The highest BCUT2D eigenvalue weighted by Gasteiger charge is 2.21. The average Bonchev–Trinajstić information content (AvgIpc) is 3.20. The number of anilines is 1. The molecule has 7 nitrogen and oxygen atoms in total. The summed E-state index contributed by atoms with van der Waals surface area (Å²) in [6.45, 7) is 6.27. The van der Waals surface area contributed by atoms with Gasteiger partial charge >= 0.3 is 0 Å². The molecule has 0 aliphatic heterocycles. The molecule has 0 saturated heterocycles. The van der Waals surface area contributed by atoms with Crippen molar-refractivity contribution in [1.82, 2.24) is 19.9 Å². The van der Waals surface area contributed by atoms with Crippen molar-refractivity contribution in [2.24, 2.45) is 0 Å². The van der Waals surface area contributed by atoms with Crippen LogP contribution in [0.1, 0.15) is 19.5 Å². The number of carbonyl (C=O) groups is 1. The van der Waals surface area contributed by atoms with Crippen LogP contribution < -0.4 is 5.32 Å². The number of carbonyl (C=O) groups excluding carboxylic acids is 1. The van der Waals surface area contributed by atoms with Gasteiger partial charge in [-0.3, -0.25) is 10.1 Å². The van der Waals surface area contributed by atoms with E-state index in [2.05, 4.69) is 20.7 Å². The summed E-state index contributed by atoms with van der Waals surface area (Å²) in [6, 6.07) is 9.12. The van der Waals surface area contributed by atoms with Crippen molar-refractivity contribution in [2.75, 3.05) is 5.32 Å². The third kappa shape index (κ3) is 4.08. The maximum atomic E-state index is 12.4. The molecule has 2 heterocycles. The quantitative estimate of drug-likeness (QED) is 0.638. The van der Waals surface area contributed by atoms with Crippen LogP contribution in [0.5, 0.6) is 0 Å². The van der Waals surface area contributed by atoms with Crippen molar-refractivity contribution in [1.29, 1.82) is 0 Å². The van der Waals surface area contributed by atoms with Gasteiger partial charge in [0.2, 0.25) is 11.8 Å². The minimum absolute atomic E-state index is 0.193. The van der Waals surface area contributed by atoms with Gasteiger partial charge in [0.25, 0.3) is 0 Å². The number of aryl methyl sites for hydroxylation is 1. The fourth-order valence-electron chi connectivity index (χ4n) is 2.36. The second kappa shape index (κ2) is 7.92. The fraction of sp³-hybridized carbons (Fsp3) is 0.294. The first-order valence-electron chi connectivity index (χ1n) is 8.08. The van der Waals surface area contributed by atoms with Gasteiger partial charge in [0.15, 0.2) is 11.0 Å². The van der Waals surface area contributed by atoms with Gasteiger partial charge in [-0.05, 0) is 32.9 Å². The molecule has 0 fully saturated rings. The summed E-state index contributed by atoms with van der Waals surface area (Å²) in [5.41, 5.74) is 1.59. The van der Waals surface area contributed by atoms with Crippen LogP contribution in [0.4, 0.5) is 5.88 Å². The molecule has 0 aliphatic rings. The lowest BCUT2D eigenvalue weighted by Crippen LogP contribution is -2.22. The second-order valence-electron chi connectivity index (χ2n) is 5.64. The van der Waals surface area contributed by atoms with Crippen molar-refractivity contribution in [3.8, 4) is 11.4 Å². The van der Waals surface area contributed by atoms with Gasteiger partial charge in [-0.2, -0.15) is 0 Å². The van der Waals surface area contributed by atoms with Crippen LogP contribution in [0.25, 0.3) is 11.4 Å². The van der Waals surface area contributed by atoms with E-state index in [0.29, 0.717) is 28.3 Å². The SMILES string of the molecule is CCn1c(SC(C)C(=O)Nc2cc(C)no2)nnc1-c1cccc(Cl)c1. The maximum Gasteiger partial charge on any atom is 0.240 e. The molecule has 0 bridgehead atoms. The van der Waals surface area contributed by atoms with Crippen molar-refractivity contribution in [2.45, 2.75) is 37.7 Å². The summed E-state index contributed by atoms with van der Waals surface area (Å²) in [6.07, 6.45) is 0. The highest BCUT2D eigenvalue weighted by molar-refractivity contribution is 8.00. The molecule has 26 heavy (non-hydrogen) atoms. The first-order chi connectivity index (χ1) is 12.5. The summed E-state index contributed by atoms with van der Waals surface area (Å²) in [4.78, 5) is 12.4. The van der Waals surface area contributed by atoms with Crippen molar-refractivity contribution >= 4 is 35.2 Å². The zero-order chi connectivity index (χ0) is 18.7. The van der Waals surface area contributed by atoms with Crippen LogP contribution in [0.15, 0.2) is 40.0 Å². The van der Waals surface area contributed by atoms with Gasteiger partial charge in [0.1, 0.15) is 0 Å². The third-order valence-corrected chi connectivity index (χ3v) is 4.96. The molecule has 3 rings (SSSR count). The van der Waals surface area contributed by atoms with Crippen LogP contribution in [0, 0.1) is 6.92 Å². The Morgan fingerprint density at radius 3 is 2.85 bits per heavy atom. The van der Waals surface area contributed by atoms with Crippen molar-refractivity contribution in [3.05, 3.63) is 41.0 Å². The standard InChI is InChI=1S/C17H18ClN5O2S/c1-4-23-15(12-6-5-7-13(18)9-12)20-21-17(23)26-11(3)16(24)19-14-8-10(2)22-25-14/h5-9,11H,4H2,1-3H3,(H,19,24). The minimum Gasteiger partial charge on any atom is -0.338 e. The lowest BCUT2D eigenvalue weighted by Gasteiger charge is -2.11. The Morgan fingerprint density at radius 2 is 2.19 bits per heavy atom. The number of nitrogens with one attached hydrogen (secondary N) is 1. The average molecular weight is 392 g/mol. The fourth-order valence-corrected chi connectivity index (χ4v) is 3.46. The highest BCUT2D eigenvalue weighted by atomic mass is 35.5. The molecule has 1 N–H and O–H groups in total. The largest absolute Gasteiger partial charge is 0.338 e. The third-order valence-electron chi connectivity index (χ3n) is 3.64. The summed E-state index contributed by atoms with van der Waals surface area (Å²) < 4.78 is 6.97. The Kier molecular flexibility index (Phi) is 5.63. The molecule has 2 aromatic heterocycles. The van der Waals surface area contributed by atoms with Gasteiger partial charge in [0.05, 0.1) is 10.9 Å². The Hall–Kier alpha value is -2.32. The number of nitrogens with zero attached hydrogens (tertiary/aromatic N) is 4. The van der Waals surface area contributed by atoms with E-state index in [0.717, 1.165) is 11.4 Å². The Balaban J connectivity index is 1.76. The zero-order valence-corrected chi connectivity index (χ0v) is 16.1. The van der Waals surface area contributed by atoms with Crippen molar-refractivity contribution in [3.63, 3.8) is 0 Å². The Labute approximate surface area is 160 Å². The lowest BCUT2D eigenvalue weighted by atomic mass is 10.2. The van der Waals surface area contributed by atoms with Gasteiger partial charge in [0, 0.05) is 23.2 Å². The molecule has 1 amide bonds. The van der Waals surface area contributed by atoms with Gasteiger partial charge in [-0.1, -0.05) is 40.7 Å². The van der Waals surface area contributed by atoms with E-state index in [9.17, 15) is 4.79 Å². The molecule has 0 saturated carbocycles. The second-order valence-corrected chi connectivity index (χ2v) is 7.39. The Morgan fingerprint density at radius 1 is 1.38 bits per heavy atom. The molecule has 0 radical (unpaired) electrons. The van der Waals surface area contributed by atoms with E-state index in [-0.39, 0.29) is 11.2 Å². The molecule has 0 aliphatic carbocycles. The van der Waals surface area contributed by atoms with E-state index in [1.165, 1.54) is 11.8 Å². The van der Waals surface area contributed by atoms with Crippen LogP contribution in [0.2, 0.25) is 5.02 Å². The van der Waals surface area contributed by atoms with Crippen LogP contribution in [-0.4, -0.2) is 31.1 Å². The summed E-state index contributed by atoms with van der Waals surface area (Å²) in [7, 11) is 0. The van der Waals surface area contributed by atoms with Crippen LogP contribution in [0.3, 0.4) is 0 Å². The number of amides is 1. The summed E-state index contributed by atoms with van der Waals surface area (Å²) >= 11 is 7.40. The highest BCUT2D eigenvalue weighted by Crippen LogP contribution is 2.28. The predicted octanol–water partition coefficient (Wildman–Crippen LogP) is 4.03. The molecular weight excluding hydrogens is 374 g/mol. The monoisotopic (exact) mass is 391 g/mol. The number of hydrogen-bond donors (Lipinski definition) is 1. The van der Waals surface area contributed by atoms with Gasteiger partial charge in [-0.15, -0.1) is 10.2 Å². The Bertz CT molecular complexity index is 924. The lowest BCUT2D eigenvalue weighted by molar-refractivity contribution is -0.115. The summed E-state index contributed by atoms with van der Waals surface area (Å²) in [5.74, 6) is 0.855. The predicted molar refractivity (Wildman–Crippen MR) is 101 cm³/mol. The summed E-state index contributed by atoms with van der Waals surface area (Å²) in [5, 5.41) is 15.9. The molecule has 9 heteroatoms. The van der Waals surface area contributed by atoms with Crippen LogP contribution in [-0.2, 0) is 11.3 Å². The number of thioether (sulfide) groups is 1. The minimum atomic E-state index is -0.387. The molecule has 3 aromatic rings. The van der Waals surface area contributed by atoms with E-state index < -0.39 is 0 Å². The molecule has 0 spiro atoms. The number of rotatable bonds is 6. The first kappa shape index (κ1) is 18.5. The van der Waals surface area contributed by atoms with E-state index in [4.69, 9.17) is 16.1 Å². The smallest absolute Gasteiger partial charge is 0.240 e. The van der Waals surface area contributed by atoms with Crippen LogP contribution >= 0.6 is 23.4 Å². The van der Waals surface area contributed by atoms with Gasteiger partial charge in [-0.25, -0.2) is 0 Å².